The molecule has 0 fully saturated rings. The summed E-state index contributed by atoms with van der Waals surface area (Å²) in [5.74, 6) is -2.22. The van der Waals surface area contributed by atoms with Gasteiger partial charge in [-0.1, -0.05) is 0 Å². The highest BCUT2D eigenvalue weighted by atomic mass is 19.1. The standard InChI is InChI=1S/C22H20F2N6O4/c1-2-29-12-18(20(28-29)22(32)25-11-15-4-3-9-33-15)26-21(31)17-7-8-30(27-17)13-34-19-6-5-14(23)10-16(19)24/h3-10,12H,2,11,13H2,1H3,(H,25,32)(H,26,31). The van der Waals surface area contributed by atoms with Crippen LogP contribution < -0.4 is 15.4 Å². The minimum atomic E-state index is -0.851. The predicted molar refractivity (Wildman–Crippen MR) is 115 cm³/mol. The lowest BCUT2D eigenvalue weighted by Crippen LogP contribution is -2.25. The number of aromatic nitrogens is 4. The second-order valence-corrected chi connectivity index (χ2v) is 7.05. The summed E-state index contributed by atoms with van der Waals surface area (Å²) in [7, 11) is 0. The molecule has 0 radical (unpaired) electrons. The van der Waals surface area contributed by atoms with Gasteiger partial charge in [-0.15, -0.1) is 0 Å². The summed E-state index contributed by atoms with van der Waals surface area (Å²) in [5.41, 5.74) is 0.286. The second-order valence-electron chi connectivity index (χ2n) is 7.05. The van der Waals surface area contributed by atoms with Crippen LogP contribution in [0.25, 0.3) is 0 Å². The normalized spacial score (nSPS) is 10.8. The van der Waals surface area contributed by atoms with Crippen molar-refractivity contribution in [1.29, 1.82) is 0 Å². The molecule has 176 valence electrons. The van der Waals surface area contributed by atoms with Gasteiger partial charge < -0.3 is 19.8 Å². The van der Waals surface area contributed by atoms with Crippen LogP contribution in [0.3, 0.4) is 0 Å². The maximum absolute atomic E-state index is 13.7. The lowest BCUT2D eigenvalue weighted by molar-refractivity contribution is 0.0943. The van der Waals surface area contributed by atoms with E-state index in [-0.39, 0.29) is 36.1 Å². The van der Waals surface area contributed by atoms with Gasteiger partial charge in [0, 0.05) is 25.0 Å². The number of carbonyl (C=O) groups excluding carboxylic acids is 2. The van der Waals surface area contributed by atoms with E-state index in [1.54, 1.807) is 12.1 Å². The quantitative estimate of drug-likeness (QED) is 0.388. The summed E-state index contributed by atoms with van der Waals surface area (Å²) in [6, 6.07) is 7.79. The number of anilines is 1. The molecule has 0 atom stereocenters. The van der Waals surface area contributed by atoms with Gasteiger partial charge in [-0.05, 0) is 37.3 Å². The van der Waals surface area contributed by atoms with Gasteiger partial charge in [0.25, 0.3) is 11.8 Å². The first-order valence-corrected chi connectivity index (χ1v) is 10.2. The van der Waals surface area contributed by atoms with E-state index < -0.39 is 23.4 Å². The number of rotatable bonds is 9. The number of aryl methyl sites for hydroxylation is 1. The number of ether oxygens (including phenoxy) is 1. The van der Waals surface area contributed by atoms with Crippen molar-refractivity contribution in [3.05, 3.63) is 83.8 Å². The fourth-order valence-electron chi connectivity index (χ4n) is 2.98. The molecule has 0 aliphatic carbocycles. The Hall–Kier alpha value is -4.48. The molecule has 1 aromatic carbocycles. The first kappa shape index (κ1) is 22.7. The van der Waals surface area contributed by atoms with Crippen LogP contribution in [0.4, 0.5) is 14.5 Å². The topological polar surface area (TPSA) is 116 Å². The average molecular weight is 470 g/mol. The molecule has 34 heavy (non-hydrogen) atoms. The third kappa shape index (κ3) is 5.28. The highest BCUT2D eigenvalue weighted by molar-refractivity contribution is 6.07. The average Bonchev–Trinajstić information content (AvgIpc) is 3.58. The summed E-state index contributed by atoms with van der Waals surface area (Å²) in [6.07, 6.45) is 4.50. The molecule has 0 aliphatic rings. The molecule has 0 bridgehead atoms. The Morgan fingerprint density at radius 3 is 2.71 bits per heavy atom. The molecule has 0 aliphatic heterocycles. The minimum absolute atomic E-state index is 0.0365. The number of hydrogen-bond donors (Lipinski definition) is 2. The molecule has 4 aromatic rings. The van der Waals surface area contributed by atoms with Crippen molar-refractivity contribution >= 4 is 17.5 Å². The number of carbonyl (C=O) groups is 2. The van der Waals surface area contributed by atoms with Crippen LogP contribution in [0.15, 0.2) is 59.5 Å². The zero-order valence-corrected chi connectivity index (χ0v) is 18.0. The highest BCUT2D eigenvalue weighted by Crippen LogP contribution is 2.18. The number of benzene rings is 1. The zero-order chi connectivity index (χ0) is 24.1. The maximum atomic E-state index is 13.7. The fourth-order valence-corrected chi connectivity index (χ4v) is 2.98. The zero-order valence-electron chi connectivity index (χ0n) is 18.0. The number of nitrogens with zero attached hydrogens (tertiary/aromatic N) is 4. The van der Waals surface area contributed by atoms with Gasteiger partial charge in [0.15, 0.2) is 29.7 Å². The summed E-state index contributed by atoms with van der Waals surface area (Å²) < 4.78 is 39.9. The van der Waals surface area contributed by atoms with Gasteiger partial charge in [0.1, 0.15) is 11.6 Å². The molecule has 2 N–H and O–H groups in total. The van der Waals surface area contributed by atoms with Crippen molar-refractivity contribution in [2.45, 2.75) is 26.7 Å². The van der Waals surface area contributed by atoms with Crippen molar-refractivity contribution in [3.63, 3.8) is 0 Å². The van der Waals surface area contributed by atoms with E-state index in [0.717, 1.165) is 12.1 Å². The number of furan rings is 1. The van der Waals surface area contributed by atoms with Gasteiger partial charge in [-0.3, -0.25) is 14.3 Å². The van der Waals surface area contributed by atoms with E-state index in [2.05, 4.69) is 20.8 Å². The summed E-state index contributed by atoms with van der Waals surface area (Å²) >= 11 is 0. The maximum Gasteiger partial charge on any atom is 0.276 e. The van der Waals surface area contributed by atoms with Crippen molar-refractivity contribution in [1.82, 2.24) is 24.9 Å². The molecule has 10 nitrogen and oxygen atoms in total. The van der Waals surface area contributed by atoms with E-state index in [4.69, 9.17) is 9.15 Å². The van der Waals surface area contributed by atoms with Gasteiger partial charge in [0.2, 0.25) is 0 Å². The van der Waals surface area contributed by atoms with E-state index in [1.807, 2.05) is 6.92 Å². The van der Waals surface area contributed by atoms with Gasteiger partial charge in [0.05, 0.1) is 18.5 Å². The monoisotopic (exact) mass is 470 g/mol. The van der Waals surface area contributed by atoms with Crippen LogP contribution in [0.1, 0.15) is 33.7 Å². The fraction of sp³-hybridized carbons (Fsp3) is 0.182. The smallest absolute Gasteiger partial charge is 0.276 e. The third-order valence-electron chi connectivity index (χ3n) is 4.67. The van der Waals surface area contributed by atoms with Crippen LogP contribution in [-0.2, 0) is 19.8 Å². The van der Waals surface area contributed by atoms with Crippen LogP contribution >= 0.6 is 0 Å². The number of halogens is 2. The Morgan fingerprint density at radius 2 is 1.97 bits per heavy atom. The Bertz CT molecular complexity index is 1300. The van der Waals surface area contributed by atoms with Crippen molar-refractivity contribution < 1.29 is 27.5 Å². The largest absolute Gasteiger partial charge is 0.468 e. The van der Waals surface area contributed by atoms with E-state index >= 15 is 0 Å². The third-order valence-corrected chi connectivity index (χ3v) is 4.67. The molecule has 12 heteroatoms. The van der Waals surface area contributed by atoms with Gasteiger partial charge in [-0.25, -0.2) is 13.5 Å². The van der Waals surface area contributed by atoms with Crippen LogP contribution in [0.2, 0.25) is 0 Å². The van der Waals surface area contributed by atoms with Crippen LogP contribution in [0.5, 0.6) is 5.75 Å². The molecule has 0 unspecified atom stereocenters. The Balaban J connectivity index is 1.41. The molecule has 2 amide bonds. The first-order valence-electron chi connectivity index (χ1n) is 10.2. The van der Waals surface area contributed by atoms with Crippen molar-refractivity contribution in [3.8, 4) is 5.75 Å². The molecule has 0 saturated heterocycles. The minimum Gasteiger partial charge on any atom is -0.468 e. The Labute approximate surface area is 192 Å². The first-order chi connectivity index (χ1) is 16.4. The van der Waals surface area contributed by atoms with E-state index in [0.29, 0.717) is 18.4 Å². The number of hydrogen-bond acceptors (Lipinski definition) is 6. The van der Waals surface area contributed by atoms with E-state index in [9.17, 15) is 18.4 Å². The number of nitrogens with one attached hydrogen (secondary N) is 2. The van der Waals surface area contributed by atoms with Gasteiger partial charge >= 0.3 is 0 Å². The highest BCUT2D eigenvalue weighted by Gasteiger charge is 2.20. The molecular weight excluding hydrogens is 450 g/mol. The Kier molecular flexibility index (Phi) is 6.67. The summed E-state index contributed by atoms with van der Waals surface area (Å²) in [4.78, 5) is 25.3. The lowest BCUT2D eigenvalue weighted by Gasteiger charge is -2.07. The predicted octanol–water partition coefficient (Wildman–Crippen LogP) is 3.19. The molecule has 3 heterocycles. The lowest BCUT2D eigenvalue weighted by atomic mass is 10.3. The molecule has 0 saturated carbocycles. The second kappa shape index (κ2) is 9.98. The molecular formula is C22H20F2N6O4. The van der Waals surface area contributed by atoms with E-state index in [1.165, 1.54) is 34.1 Å². The summed E-state index contributed by atoms with van der Waals surface area (Å²) in [5, 5.41) is 13.6. The molecule has 0 spiro atoms. The van der Waals surface area contributed by atoms with Gasteiger partial charge in [-0.2, -0.15) is 10.2 Å². The number of amides is 2. The van der Waals surface area contributed by atoms with Crippen LogP contribution in [-0.4, -0.2) is 31.4 Å². The Morgan fingerprint density at radius 1 is 1.12 bits per heavy atom. The van der Waals surface area contributed by atoms with Crippen molar-refractivity contribution in [2.75, 3.05) is 5.32 Å². The molecule has 4 rings (SSSR count). The molecule has 3 aromatic heterocycles. The van der Waals surface area contributed by atoms with Crippen molar-refractivity contribution in [2.24, 2.45) is 0 Å². The summed E-state index contributed by atoms with van der Waals surface area (Å²) in [6.45, 7) is 2.29. The SMILES string of the molecule is CCn1cc(NC(=O)c2ccn(COc3ccc(F)cc3F)n2)c(C(=O)NCc2ccco2)n1. The van der Waals surface area contributed by atoms with Crippen LogP contribution in [0, 0.1) is 11.6 Å².